The molecular weight excluding hydrogens is 195 g/mol. The number of hydrogen-bond acceptors (Lipinski definition) is 2. The van der Waals surface area contributed by atoms with E-state index in [4.69, 9.17) is 0 Å². The molecule has 3 nitrogen and oxygen atoms in total. The second kappa shape index (κ2) is 3.65. The molecule has 0 amide bonds. The molecule has 2 rings (SSSR count). The molecule has 4 heteroatoms. The lowest BCUT2D eigenvalue weighted by Gasteiger charge is -2.02. The Morgan fingerprint density at radius 3 is 2.67 bits per heavy atom. The van der Waals surface area contributed by atoms with Gasteiger partial charge in [-0.05, 0) is 18.2 Å². The van der Waals surface area contributed by atoms with E-state index in [1.807, 2.05) is 0 Å². The number of halogens is 1. The number of hydrogen-bond donors (Lipinski definition) is 0. The molecule has 0 aliphatic carbocycles. The van der Waals surface area contributed by atoms with E-state index in [1.54, 1.807) is 25.2 Å². The summed E-state index contributed by atoms with van der Waals surface area (Å²) < 4.78 is 14.7. The van der Waals surface area contributed by atoms with Crippen LogP contribution in [0.25, 0.3) is 0 Å². The van der Waals surface area contributed by atoms with Crippen molar-refractivity contribution in [2.45, 2.75) is 0 Å². The van der Waals surface area contributed by atoms with Crippen molar-refractivity contribution in [3.8, 4) is 0 Å². The SMILES string of the molecule is Cn1nccc1C(=O)c1ccccc1F. The molecule has 0 bridgehead atoms. The second-order valence-corrected chi connectivity index (χ2v) is 3.15. The van der Waals surface area contributed by atoms with Crippen LogP contribution in [0, 0.1) is 5.82 Å². The molecule has 0 atom stereocenters. The van der Waals surface area contributed by atoms with Gasteiger partial charge in [0.2, 0.25) is 5.78 Å². The van der Waals surface area contributed by atoms with Crippen molar-refractivity contribution in [1.82, 2.24) is 9.78 Å². The molecule has 0 aliphatic heterocycles. The monoisotopic (exact) mass is 204 g/mol. The molecule has 2 aromatic rings. The van der Waals surface area contributed by atoms with Crippen LogP contribution in [-0.4, -0.2) is 15.6 Å². The lowest BCUT2D eigenvalue weighted by molar-refractivity contribution is 0.102. The van der Waals surface area contributed by atoms with Gasteiger partial charge in [0, 0.05) is 13.2 Å². The first-order valence-electron chi connectivity index (χ1n) is 4.47. The van der Waals surface area contributed by atoms with Crippen molar-refractivity contribution in [3.05, 3.63) is 53.6 Å². The summed E-state index contributed by atoms with van der Waals surface area (Å²) in [6, 6.07) is 7.48. The molecule has 0 spiro atoms. The zero-order chi connectivity index (χ0) is 10.8. The third-order valence-electron chi connectivity index (χ3n) is 2.17. The van der Waals surface area contributed by atoms with E-state index in [-0.39, 0.29) is 11.3 Å². The molecule has 76 valence electrons. The van der Waals surface area contributed by atoms with Gasteiger partial charge in [0.05, 0.1) is 5.56 Å². The second-order valence-electron chi connectivity index (χ2n) is 3.15. The highest BCUT2D eigenvalue weighted by Crippen LogP contribution is 2.12. The van der Waals surface area contributed by atoms with Crippen LogP contribution >= 0.6 is 0 Å². The minimum atomic E-state index is -0.510. The summed E-state index contributed by atoms with van der Waals surface area (Å²) in [4.78, 5) is 11.8. The van der Waals surface area contributed by atoms with Crippen molar-refractivity contribution < 1.29 is 9.18 Å². The number of aromatic nitrogens is 2. The fourth-order valence-corrected chi connectivity index (χ4v) is 1.38. The standard InChI is InChI=1S/C11H9FN2O/c1-14-10(6-7-13-14)11(15)8-4-2-3-5-9(8)12/h2-7H,1H3. The van der Waals surface area contributed by atoms with Gasteiger partial charge in [-0.3, -0.25) is 9.48 Å². The quantitative estimate of drug-likeness (QED) is 0.699. The Hall–Kier alpha value is -1.97. The van der Waals surface area contributed by atoms with Gasteiger partial charge in [0.1, 0.15) is 11.5 Å². The number of nitrogens with zero attached hydrogens (tertiary/aromatic N) is 2. The largest absolute Gasteiger partial charge is 0.287 e. The van der Waals surface area contributed by atoms with Crippen molar-refractivity contribution in [1.29, 1.82) is 0 Å². The molecule has 1 heterocycles. The first kappa shape index (κ1) is 9.58. The summed E-state index contributed by atoms with van der Waals surface area (Å²) in [5, 5.41) is 3.87. The molecule has 0 aliphatic rings. The highest BCUT2D eigenvalue weighted by atomic mass is 19.1. The van der Waals surface area contributed by atoms with E-state index < -0.39 is 5.82 Å². The van der Waals surface area contributed by atoms with Crippen LogP contribution in [0.1, 0.15) is 16.1 Å². The average molecular weight is 204 g/mol. The van der Waals surface area contributed by atoms with Crippen LogP contribution in [0.2, 0.25) is 0 Å². The third kappa shape index (κ3) is 1.66. The fourth-order valence-electron chi connectivity index (χ4n) is 1.38. The summed E-state index contributed by atoms with van der Waals surface area (Å²) in [5.74, 6) is -0.864. The number of ketones is 1. The lowest BCUT2D eigenvalue weighted by Crippen LogP contribution is -2.09. The number of benzene rings is 1. The Morgan fingerprint density at radius 2 is 2.07 bits per heavy atom. The van der Waals surface area contributed by atoms with Gasteiger partial charge in [-0.1, -0.05) is 12.1 Å². The van der Waals surface area contributed by atoms with E-state index >= 15 is 0 Å². The predicted molar refractivity (Wildman–Crippen MR) is 53.0 cm³/mol. The highest BCUT2D eigenvalue weighted by molar-refractivity contribution is 6.07. The Bertz CT molecular complexity index is 505. The van der Waals surface area contributed by atoms with Gasteiger partial charge in [-0.15, -0.1) is 0 Å². The lowest BCUT2D eigenvalue weighted by atomic mass is 10.1. The molecule has 0 N–H and O–H groups in total. The van der Waals surface area contributed by atoms with E-state index in [9.17, 15) is 9.18 Å². The van der Waals surface area contributed by atoms with Gasteiger partial charge < -0.3 is 0 Å². The van der Waals surface area contributed by atoms with Gasteiger partial charge in [-0.2, -0.15) is 5.10 Å². The van der Waals surface area contributed by atoms with Gasteiger partial charge in [0.15, 0.2) is 0 Å². The van der Waals surface area contributed by atoms with Gasteiger partial charge >= 0.3 is 0 Å². The average Bonchev–Trinajstić information content (AvgIpc) is 2.64. The molecule has 1 aromatic carbocycles. The van der Waals surface area contributed by atoms with Crippen molar-refractivity contribution in [3.63, 3.8) is 0 Å². The molecule has 0 saturated carbocycles. The number of carbonyl (C=O) groups is 1. The van der Waals surface area contributed by atoms with Crippen molar-refractivity contribution >= 4 is 5.78 Å². The topological polar surface area (TPSA) is 34.9 Å². The fraction of sp³-hybridized carbons (Fsp3) is 0.0909. The first-order valence-corrected chi connectivity index (χ1v) is 4.47. The Labute approximate surface area is 86.2 Å². The maximum atomic E-state index is 13.3. The van der Waals surface area contributed by atoms with E-state index in [0.29, 0.717) is 5.69 Å². The Morgan fingerprint density at radius 1 is 1.33 bits per heavy atom. The van der Waals surface area contributed by atoms with Gasteiger partial charge in [0.25, 0.3) is 0 Å². The summed E-state index contributed by atoms with van der Waals surface area (Å²) in [7, 11) is 1.65. The van der Waals surface area contributed by atoms with Crippen LogP contribution in [0.4, 0.5) is 4.39 Å². The molecule has 15 heavy (non-hydrogen) atoms. The molecule has 1 aromatic heterocycles. The van der Waals surface area contributed by atoms with Crippen molar-refractivity contribution in [2.24, 2.45) is 7.05 Å². The summed E-state index contributed by atoms with van der Waals surface area (Å²) in [6.07, 6.45) is 1.51. The highest BCUT2D eigenvalue weighted by Gasteiger charge is 2.15. The number of aryl methyl sites for hydroxylation is 1. The molecule has 0 saturated heterocycles. The summed E-state index contributed by atoms with van der Waals surface area (Å²) in [6.45, 7) is 0. The number of carbonyl (C=O) groups excluding carboxylic acids is 1. The Kier molecular flexibility index (Phi) is 2.33. The first-order chi connectivity index (χ1) is 7.20. The molecular formula is C11H9FN2O. The summed E-state index contributed by atoms with van der Waals surface area (Å²) in [5.41, 5.74) is 0.446. The predicted octanol–water partition coefficient (Wildman–Crippen LogP) is 1.79. The molecule has 0 unspecified atom stereocenters. The van der Waals surface area contributed by atoms with Gasteiger partial charge in [-0.25, -0.2) is 4.39 Å². The maximum Gasteiger partial charge on any atom is 0.213 e. The Balaban J connectivity index is 2.46. The third-order valence-corrected chi connectivity index (χ3v) is 2.17. The van der Waals surface area contributed by atoms with Crippen LogP contribution < -0.4 is 0 Å². The van der Waals surface area contributed by atoms with E-state index in [1.165, 1.54) is 23.0 Å². The minimum Gasteiger partial charge on any atom is -0.287 e. The zero-order valence-electron chi connectivity index (χ0n) is 8.14. The van der Waals surface area contributed by atoms with E-state index in [0.717, 1.165) is 0 Å². The maximum absolute atomic E-state index is 13.3. The van der Waals surface area contributed by atoms with Crippen LogP contribution in [-0.2, 0) is 7.05 Å². The molecule has 0 fully saturated rings. The number of rotatable bonds is 2. The van der Waals surface area contributed by atoms with Crippen LogP contribution in [0.15, 0.2) is 36.5 Å². The van der Waals surface area contributed by atoms with Crippen LogP contribution in [0.5, 0.6) is 0 Å². The minimum absolute atomic E-state index is 0.0705. The summed E-state index contributed by atoms with van der Waals surface area (Å²) >= 11 is 0. The van der Waals surface area contributed by atoms with E-state index in [2.05, 4.69) is 5.10 Å². The molecule has 0 radical (unpaired) electrons. The smallest absolute Gasteiger partial charge is 0.213 e. The normalized spacial score (nSPS) is 10.3. The zero-order valence-corrected chi connectivity index (χ0v) is 8.14. The van der Waals surface area contributed by atoms with Crippen molar-refractivity contribution in [2.75, 3.05) is 0 Å². The van der Waals surface area contributed by atoms with Crippen LogP contribution in [0.3, 0.4) is 0 Å².